The Kier molecular flexibility index (Phi) is 4.57. The average Bonchev–Trinajstić information content (AvgIpc) is 2.97. The van der Waals surface area contributed by atoms with Crippen LogP contribution in [0.3, 0.4) is 0 Å². The molecule has 0 radical (unpaired) electrons. The third-order valence-electron chi connectivity index (χ3n) is 3.13. The molecular weight excluding hydrogens is 274 g/mol. The number of aliphatic hydroxyl groups is 1. The number of aryl methyl sites for hydroxylation is 1. The molecule has 2 heterocycles. The second-order valence-electron chi connectivity index (χ2n) is 4.83. The Bertz CT molecular complexity index is 588. The van der Waals surface area contributed by atoms with E-state index in [0.717, 1.165) is 16.5 Å². The van der Waals surface area contributed by atoms with Crippen molar-refractivity contribution in [2.24, 2.45) is 0 Å². The van der Waals surface area contributed by atoms with Gasteiger partial charge in [-0.1, -0.05) is 0 Å². The van der Waals surface area contributed by atoms with Gasteiger partial charge in [-0.15, -0.1) is 11.3 Å². The van der Waals surface area contributed by atoms with Crippen LogP contribution in [0.2, 0.25) is 0 Å². The summed E-state index contributed by atoms with van der Waals surface area (Å²) in [7, 11) is 0. The molecular formula is C14H19N3O2S. The summed E-state index contributed by atoms with van der Waals surface area (Å²) in [5.41, 5.74) is 2.52. The smallest absolute Gasteiger partial charge is 0.253 e. The Morgan fingerprint density at radius 1 is 1.55 bits per heavy atom. The van der Waals surface area contributed by atoms with Gasteiger partial charge in [-0.05, 0) is 33.3 Å². The second-order valence-corrected chi connectivity index (χ2v) is 5.70. The largest absolute Gasteiger partial charge is 0.393 e. The average molecular weight is 293 g/mol. The van der Waals surface area contributed by atoms with Crippen LogP contribution in [-0.4, -0.2) is 33.2 Å². The van der Waals surface area contributed by atoms with Crippen LogP contribution in [-0.2, 0) is 0 Å². The maximum atomic E-state index is 12.2. The van der Waals surface area contributed by atoms with Gasteiger partial charge in [-0.2, -0.15) is 0 Å². The number of thiazole rings is 1. The molecule has 1 atom stereocenters. The highest BCUT2D eigenvalue weighted by atomic mass is 32.1. The third kappa shape index (κ3) is 3.08. The van der Waals surface area contributed by atoms with Crippen LogP contribution in [0.25, 0.3) is 5.13 Å². The van der Waals surface area contributed by atoms with Crippen LogP contribution in [0.4, 0.5) is 0 Å². The lowest BCUT2D eigenvalue weighted by Gasteiger charge is -2.07. The minimum atomic E-state index is -0.405. The maximum Gasteiger partial charge on any atom is 0.253 e. The number of nitrogens with zero attached hydrogens (tertiary/aromatic N) is 2. The van der Waals surface area contributed by atoms with Gasteiger partial charge in [0.05, 0.1) is 11.7 Å². The third-order valence-corrected chi connectivity index (χ3v) is 3.89. The quantitative estimate of drug-likeness (QED) is 0.886. The van der Waals surface area contributed by atoms with Gasteiger partial charge < -0.3 is 10.4 Å². The number of aliphatic hydroxyl groups excluding tert-OH is 1. The molecule has 0 bridgehead atoms. The number of carbonyl (C=O) groups excluding carboxylic acids is 1. The molecule has 5 nitrogen and oxygen atoms in total. The van der Waals surface area contributed by atoms with Crippen LogP contribution in [0.15, 0.2) is 17.6 Å². The molecule has 0 saturated carbocycles. The zero-order valence-corrected chi connectivity index (χ0v) is 12.7. The zero-order valence-electron chi connectivity index (χ0n) is 11.9. The number of hydrogen-bond acceptors (Lipinski definition) is 4. The molecule has 6 heteroatoms. The van der Waals surface area contributed by atoms with Crippen molar-refractivity contribution in [1.29, 1.82) is 0 Å². The molecule has 2 aromatic rings. The molecule has 0 aliphatic rings. The van der Waals surface area contributed by atoms with Gasteiger partial charge in [0.2, 0.25) is 0 Å². The minimum Gasteiger partial charge on any atom is -0.393 e. The second kappa shape index (κ2) is 6.19. The van der Waals surface area contributed by atoms with Crippen molar-refractivity contribution in [2.45, 2.75) is 33.3 Å². The molecule has 0 spiro atoms. The Morgan fingerprint density at radius 3 is 2.90 bits per heavy atom. The number of amides is 1. The van der Waals surface area contributed by atoms with E-state index in [4.69, 9.17) is 0 Å². The van der Waals surface area contributed by atoms with Crippen molar-refractivity contribution in [3.63, 3.8) is 0 Å². The molecule has 2 rings (SSSR count). The molecule has 0 aromatic carbocycles. The van der Waals surface area contributed by atoms with E-state index in [-0.39, 0.29) is 5.91 Å². The lowest BCUT2D eigenvalue weighted by Crippen LogP contribution is -2.26. The standard InChI is InChI=1S/C14H19N3O2S/c1-9-8-12(13(19)15-5-4-10(2)18)11(3)17(9)14-16-6-7-20-14/h6-8,10,18H,4-5H2,1-3H3,(H,15,19). The number of hydrogen-bond donors (Lipinski definition) is 2. The molecule has 0 aliphatic heterocycles. The monoisotopic (exact) mass is 293 g/mol. The highest BCUT2D eigenvalue weighted by molar-refractivity contribution is 7.12. The summed E-state index contributed by atoms with van der Waals surface area (Å²) in [5.74, 6) is -0.110. The van der Waals surface area contributed by atoms with Crippen LogP contribution >= 0.6 is 11.3 Å². The van der Waals surface area contributed by atoms with Crippen molar-refractivity contribution in [3.05, 3.63) is 34.6 Å². The van der Waals surface area contributed by atoms with Gasteiger partial charge in [0, 0.05) is 29.5 Å². The van der Waals surface area contributed by atoms with Crippen molar-refractivity contribution < 1.29 is 9.90 Å². The first kappa shape index (κ1) is 14.7. The first-order valence-electron chi connectivity index (χ1n) is 6.55. The summed E-state index contributed by atoms with van der Waals surface area (Å²) in [5, 5.41) is 14.8. The van der Waals surface area contributed by atoms with Gasteiger partial charge in [0.25, 0.3) is 5.91 Å². The van der Waals surface area contributed by atoms with Gasteiger partial charge >= 0.3 is 0 Å². The predicted molar refractivity (Wildman–Crippen MR) is 79.5 cm³/mol. The van der Waals surface area contributed by atoms with Crippen molar-refractivity contribution >= 4 is 17.2 Å². The van der Waals surface area contributed by atoms with E-state index < -0.39 is 6.10 Å². The summed E-state index contributed by atoms with van der Waals surface area (Å²) >= 11 is 1.54. The minimum absolute atomic E-state index is 0.110. The topological polar surface area (TPSA) is 67.2 Å². The van der Waals surface area contributed by atoms with E-state index in [9.17, 15) is 9.90 Å². The summed E-state index contributed by atoms with van der Waals surface area (Å²) in [6.07, 6.45) is 1.90. The molecule has 1 amide bonds. The van der Waals surface area contributed by atoms with E-state index in [0.29, 0.717) is 18.5 Å². The summed E-state index contributed by atoms with van der Waals surface area (Å²) in [6.45, 7) is 6.05. The SMILES string of the molecule is Cc1cc(C(=O)NCCC(C)O)c(C)n1-c1nccs1. The molecule has 0 saturated heterocycles. The fourth-order valence-electron chi connectivity index (χ4n) is 2.10. The van der Waals surface area contributed by atoms with Crippen LogP contribution in [0, 0.1) is 13.8 Å². The van der Waals surface area contributed by atoms with E-state index in [1.165, 1.54) is 11.3 Å². The Morgan fingerprint density at radius 2 is 2.30 bits per heavy atom. The lowest BCUT2D eigenvalue weighted by atomic mass is 10.2. The lowest BCUT2D eigenvalue weighted by molar-refractivity contribution is 0.0945. The summed E-state index contributed by atoms with van der Waals surface area (Å²) < 4.78 is 1.98. The van der Waals surface area contributed by atoms with Crippen molar-refractivity contribution in [2.75, 3.05) is 6.54 Å². The zero-order chi connectivity index (χ0) is 14.7. The molecule has 108 valence electrons. The summed E-state index contributed by atoms with van der Waals surface area (Å²) in [6, 6.07) is 1.87. The van der Waals surface area contributed by atoms with Gasteiger partial charge in [-0.3, -0.25) is 9.36 Å². The number of carbonyl (C=O) groups is 1. The summed E-state index contributed by atoms with van der Waals surface area (Å²) in [4.78, 5) is 16.4. The van der Waals surface area contributed by atoms with E-state index >= 15 is 0 Å². The number of nitrogens with one attached hydrogen (secondary N) is 1. The van der Waals surface area contributed by atoms with Crippen LogP contribution in [0.5, 0.6) is 0 Å². The van der Waals surface area contributed by atoms with E-state index in [2.05, 4.69) is 10.3 Å². The van der Waals surface area contributed by atoms with Crippen molar-refractivity contribution in [3.8, 4) is 5.13 Å². The molecule has 2 aromatic heterocycles. The fraction of sp³-hybridized carbons (Fsp3) is 0.429. The molecule has 20 heavy (non-hydrogen) atoms. The Hall–Kier alpha value is -1.66. The highest BCUT2D eigenvalue weighted by Gasteiger charge is 2.17. The molecule has 2 N–H and O–H groups in total. The number of aromatic nitrogens is 2. The highest BCUT2D eigenvalue weighted by Crippen LogP contribution is 2.22. The van der Waals surface area contributed by atoms with Crippen LogP contribution < -0.4 is 5.32 Å². The Labute approximate surface area is 122 Å². The van der Waals surface area contributed by atoms with Crippen LogP contribution in [0.1, 0.15) is 35.1 Å². The maximum absolute atomic E-state index is 12.2. The first-order valence-corrected chi connectivity index (χ1v) is 7.43. The van der Waals surface area contributed by atoms with Gasteiger partial charge in [0.15, 0.2) is 5.13 Å². The molecule has 0 aliphatic carbocycles. The Balaban J connectivity index is 2.17. The first-order chi connectivity index (χ1) is 9.50. The van der Waals surface area contributed by atoms with Crippen molar-refractivity contribution in [1.82, 2.24) is 14.9 Å². The normalized spacial score (nSPS) is 12.4. The van der Waals surface area contributed by atoms with Gasteiger partial charge in [0.1, 0.15) is 0 Å². The van der Waals surface area contributed by atoms with E-state index in [1.807, 2.05) is 29.9 Å². The molecule has 0 fully saturated rings. The number of rotatable bonds is 5. The predicted octanol–water partition coefficient (Wildman–Crippen LogP) is 2.05. The fourth-order valence-corrected chi connectivity index (χ4v) is 2.85. The molecule has 1 unspecified atom stereocenters. The van der Waals surface area contributed by atoms with Gasteiger partial charge in [-0.25, -0.2) is 4.98 Å². The van der Waals surface area contributed by atoms with E-state index in [1.54, 1.807) is 13.1 Å².